The summed E-state index contributed by atoms with van der Waals surface area (Å²) in [7, 11) is 0. The van der Waals surface area contributed by atoms with Crippen LogP contribution in [0.1, 0.15) is 36.0 Å². The zero-order valence-electron chi connectivity index (χ0n) is 10.7. The molecule has 1 amide bonds. The highest BCUT2D eigenvalue weighted by atomic mass is 16.4. The van der Waals surface area contributed by atoms with Crippen molar-refractivity contribution in [3.63, 3.8) is 0 Å². The van der Waals surface area contributed by atoms with Crippen molar-refractivity contribution >= 4 is 17.6 Å². The molecular formula is C14H18N2O3. The number of anilines is 1. The number of carbonyl (C=O) groups is 2. The summed E-state index contributed by atoms with van der Waals surface area (Å²) in [5, 5.41) is 12.0. The standard InChI is InChI=1S/C14H18N2O3/c15-11-5-3-10(4-6-11)12(17)16-9-14(13(18)19)7-1-2-8-14/h3-6H,1-2,7-9,15H2,(H,16,17)(H,18,19). The fourth-order valence-corrected chi connectivity index (χ4v) is 2.50. The molecule has 0 aromatic heterocycles. The van der Waals surface area contributed by atoms with Crippen molar-refractivity contribution in [2.45, 2.75) is 25.7 Å². The molecule has 102 valence electrons. The Kier molecular flexibility index (Phi) is 3.74. The molecule has 1 aliphatic rings. The lowest BCUT2D eigenvalue weighted by molar-refractivity contribution is -0.148. The molecule has 5 nitrogen and oxygen atoms in total. The molecular weight excluding hydrogens is 244 g/mol. The lowest BCUT2D eigenvalue weighted by Gasteiger charge is -2.23. The second-order valence-electron chi connectivity index (χ2n) is 5.10. The molecule has 1 aromatic rings. The van der Waals surface area contributed by atoms with E-state index in [1.54, 1.807) is 24.3 Å². The summed E-state index contributed by atoms with van der Waals surface area (Å²) in [6.07, 6.45) is 3.07. The Hall–Kier alpha value is -2.04. The zero-order valence-corrected chi connectivity index (χ0v) is 10.7. The van der Waals surface area contributed by atoms with Gasteiger partial charge in [0.25, 0.3) is 5.91 Å². The van der Waals surface area contributed by atoms with E-state index < -0.39 is 11.4 Å². The van der Waals surface area contributed by atoms with Gasteiger partial charge in [-0.05, 0) is 37.1 Å². The lowest BCUT2D eigenvalue weighted by atomic mass is 9.86. The predicted molar refractivity (Wildman–Crippen MR) is 71.7 cm³/mol. The van der Waals surface area contributed by atoms with Crippen molar-refractivity contribution in [1.29, 1.82) is 0 Å². The van der Waals surface area contributed by atoms with Gasteiger partial charge in [0.15, 0.2) is 0 Å². The number of aliphatic carboxylic acids is 1. The van der Waals surface area contributed by atoms with Gasteiger partial charge in [-0.25, -0.2) is 0 Å². The molecule has 4 N–H and O–H groups in total. The van der Waals surface area contributed by atoms with E-state index >= 15 is 0 Å². The van der Waals surface area contributed by atoms with Gasteiger partial charge < -0.3 is 16.2 Å². The van der Waals surface area contributed by atoms with E-state index in [0.717, 1.165) is 12.8 Å². The summed E-state index contributed by atoms with van der Waals surface area (Å²) in [5.41, 5.74) is 5.85. The van der Waals surface area contributed by atoms with Crippen molar-refractivity contribution in [1.82, 2.24) is 5.32 Å². The smallest absolute Gasteiger partial charge is 0.311 e. The first-order valence-electron chi connectivity index (χ1n) is 6.41. The summed E-state index contributed by atoms with van der Waals surface area (Å²) in [6.45, 7) is 0.186. The molecule has 0 saturated heterocycles. The number of hydrogen-bond acceptors (Lipinski definition) is 3. The molecule has 5 heteroatoms. The molecule has 0 spiro atoms. The van der Waals surface area contributed by atoms with Gasteiger partial charge in [-0.2, -0.15) is 0 Å². The average Bonchev–Trinajstić information content (AvgIpc) is 2.87. The van der Waals surface area contributed by atoms with Gasteiger partial charge in [0, 0.05) is 17.8 Å². The first-order valence-corrected chi connectivity index (χ1v) is 6.41. The van der Waals surface area contributed by atoms with Gasteiger partial charge in [-0.3, -0.25) is 9.59 Å². The largest absolute Gasteiger partial charge is 0.481 e. The molecule has 0 heterocycles. The highest BCUT2D eigenvalue weighted by molar-refractivity contribution is 5.94. The Morgan fingerprint density at radius 2 is 1.79 bits per heavy atom. The summed E-state index contributed by atoms with van der Waals surface area (Å²) in [4.78, 5) is 23.3. The molecule has 0 bridgehead atoms. The van der Waals surface area contributed by atoms with Crippen LogP contribution in [-0.4, -0.2) is 23.5 Å². The second kappa shape index (κ2) is 5.30. The highest BCUT2D eigenvalue weighted by Gasteiger charge is 2.41. The van der Waals surface area contributed by atoms with Crippen LogP contribution in [0.3, 0.4) is 0 Å². The fraction of sp³-hybridized carbons (Fsp3) is 0.429. The van der Waals surface area contributed by atoms with Crippen LogP contribution in [0, 0.1) is 5.41 Å². The summed E-state index contributed by atoms with van der Waals surface area (Å²) >= 11 is 0. The molecule has 0 unspecified atom stereocenters. The quantitative estimate of drug-likeness (QED) is 0.719. The first-order chi connectivity index (χ1) is 9.03. The molecule has 19 heavy (non-hydrogen) atoms. The molecule has 2 rings (SSSR count). The van der Waals surface area contributed by atoms with E-state index in [9.17, 15) is 14.7 Å². The number of amides is 1. The summed E-state index contributed by atoms with van der Waals surface area (Å²) < 4.78 is 0. The van der Waals surface area contributed by atoms with Gasteiger partial charge in [0.05, 0.1) is 5.41 Å². The number of carbonyl (C=O) groups excluding carboxylic acids is 1. The minimum absolute atomic E-state index is 0.186. The van der Waals surface area contributed by atoms with Crippen LogP contribution in [0.15, 0.2) is 24.3 Å². The van der Waals surface area contributed by atoms with Crippen molar-refractivity contribution in [2.24, 2.45) is 5.41 Å². The van der Waals surface area contributed by atoms with Gasteiger partial charge in [0.1, 0.15) is 0 Å². The molecule has 1 fully saturated rings. The van der Waals surface area contributed by atoms with Crippen LogP contribution in [0.4, 0.5) is 5.69 Å². The van der Waals surface area contributed by atoms with Crippen LogP contribution >= 0.6 is 0 Å². The summed E-state index contributed by atoms with van der Waals surface area (Å²) in [6, 6.07) is 6.56. The number of nitrogens with two attached hydrogens (primary N) is 1. The molecule has 1 saturated carbocycles. The number of hydrogen-bond donors (Lipinski definition) is 3. The SMILES string of the molecule is Nc1ccc(C(=O)NCC2(C(=O)O)CCCC2)cc1. The minimum Gasteiger partial charge on any atom is -0.481 e. The number of nitrogens with one attached hydrogen (secondary N) is 1. The maximum atomic E-state index is 11.9. The number of carboxylic acid groups (broad SMARTS) is 1. The van der Waals surface area contributed by atoms with Crippen LogP contribution in [0.5, 0.6) is 0 Å². The van der Waals surface area contributed by atoms with Crippen molar-refractivity contribution in [2.75, 3.05) is 12.3 Å². The van der Waals surface area contributed by atoms with Crippen LogP contribution < -0.4 is 11.1 Å². The topological polar surface area (TPSA) is 92.4 Å². The third-order valence-corrected chi connectivity index (χ3v) is 3.77. The zero-order chi connectivity index (χ0) is 13.9. The Morgan fingerprint density at radius 1 is 1.21 bits per heavy atom. The van der Waals surface area contributed by atoms with Gasteiger partial charge in [-0.15, -0.1) is 0 Å². The second-order valence-corrected chi connectivity index (χ2v) is 5.10. The minimum atomic E-state index is -0.817. The van der Waals surface area contributed by atoms with Gasteiger partial charge in [-0.1, -0.05) is 12.8 Å². The van der Waals surface area contributed by atoms with E-state index in [4.69, 9.17) is 5.73 Å². The van der Waals surface area contributed by atoms with E-state index in [-0.39, 0.29) is 12.5 Å². The maximum absolute atomic E-state index is 11.9. The third kappa shape index (κ3) is 2.86. The van der Waals surface area contributed by atoms with Crippen molar-refractivity contribution < 1.29 is 14.7 Å². The predicted octanol–water partition coefficient (Wildman–Crippen LogP) is 1.64. The summed E-state index contributed by atoms with van der Waals surface area (Å²) in [5.74, 6) is -1.07. The number of rotatable bonds is 4. The maximum Gasteiger partial charge on any atom is 0.311 e. The van der Waals surface area contributed by atoms with Gasteiger partial charge >= 0.3 is 5.97 Å². The van der Waals surface area contributed by atoms with Crippen LogP contribution in [-0.2, 0) is 4.79 Å². The number of benzene rings is 1. The monoisotopic (exact) mass is 262 g/mol. The van der Waals surface area contributed by atoms with Crippen LogP contribution in [0.25, 0.3) is 0 Å². The Morgan fingerprint density at radius 3 is 2.32 bits per heavy atom. The molecule has 1 aromatic carbocycles. The van der Waals surface area contributed by atoms with Crippen LogP contribution in [0.2, 0.25) is 0 Å². The third-order valence-electron chi connectivity index (χ3n) is 3.77. The average molecular weight is 262 g/mol. The fourth-order valence-electron chi connectivity index (χ4n) is 2.50. The van der Waals surface area contributed by atoms with Crippen molar-refractivity contribution in [3.8, 4) is 0 Å². The Labute approximate surface area is 111 Å². The molecule has 1 aliphatic carbocycles. The normalized spacial score (nSPS) is 17.1. The van der Waals surface area contributed by atoms with E-state index in [1.165, 1.54) is 0 Å². The van der Waals surface area contributed by atoms with Crippen molar-refractivity contribution in [3.05, 3.63) is 29.8 Å². The van der Waals surface area contributed by atoms with E-state index in [2.05, 4.69) is 5.32 Å². The lowest BCUT2D eigenvalue weighted by Crippen LogP contribution is -2.41. The van der Waals surface area contributed by atoms with E-state index in [1.807, 2.05) is 0 Å². The van der Waals surface area contributed by atoms with E-state index in [0.29, 0.717) is 24.1 Å². The Balaban J connectivity index is 1.99. The van der Waals surface area contributed by atoms with Gasteiger partial charge in [0.2, 0.25) is 0 Å². The molecule has 0 atom stereocenters. The molecule has 0 aliphatic heterocycles. The number of carboxylic acids is 1. The molecule has 0 radical (unpaired) electrons. The first kappa shape index (κ1) is 13.4. The number of nitrogen functional groups attached to an aromatic ring is 1. The Bertz CT molecular complexity index is 476. The highest BCUT2D eigenvalue weighted by Crippen LogP contribution is 2.37.